The van der Waals surface area contributed by atoms with Gasteiger partial charge in [0.2, 0.25) is 0 Å². The molecule has 0 aromatic heterocycles. The molecular weight excluding hydrogens is 236 g/mol. The second-order valence-corrected chi connectivity index (χ2v) is 3.29. The van der Waals surface area contributed by atoms with Crippen molar-refractivity contribution in [1.82, 2.24) is 0 Å². The third kappa shape index (κ3) is 7.58. The topological polar surface area (TPSA) is 162 Å². The molecule has 0 rings (SSSR count). The molecule has 0 aliphatic heterocycles. The fraction of sp³-hybridized carbons (Fsp3) is 1.00. The van der Waals surface area contributed by atoms with Gasteiger partial charge in [-0.1, -0.05) is 0 Å². The molecule has 8 heteroatoms. The van der Waals surface area contributed by atoms with Gasteiger partial charge in [-0.15, -0.1) is 0 Å². The number of hydrogen-bond donors (Lipinski definition) is 8. The van der Waals surface area contributed by atoms with Gasteiger partial charge in [0.1, 0.15) is 30.5 Å². The minimum Gasteiger partial charge on any atom is -0.397 e. The minimum atomic E-state index is -1.85. The Morgan fingerprint density at radius 2 is 0.882 bits per heavy atom. The van der Waals surface area contributed by atoms with E-state index < -0.39 is 43.7 Å². The molecule has 0 aromatic rings. The van der Waals surface area contributed by atoms with Gasteiger partial charge in [-0.05, 0) is 6.92 Å². The Hall–Kier alpha value is -0.320. The van der Waals surface area contributed by atoms with Gasteiger partial charge in [0.15, 0.2) is 0 Å². The van der Waals surface area contributed by atoms with Crippen molar-refractivity contribution >= 4 is 0 Å². The predicted octanol–water partition coefficient (Wildman–Crippen LogP) is -4.23. The molecule has 0 heterocycles. The Morgan fingerprint density at radius 3 is 1.06 bits per heavy atom. The second-order valence-electron chi connectivity index (χ2n) is 3.29. The van der Waals surface area contributed by atoms with E-state index in [2.05, 4.69) is 0 Å². The van der Waals surface area contributed by atoms with Gasteiger partial charge in [-0.3, -0.25) is 0 Å². The molecule has 0 radical (unpaired) electrons. The van der Waals surface area contributed by atoms with E-state index in [1.165, 1.54) is 0 Å². The molecule has 0 amide bonds. The van der Waals surface area contributed by atoms with E-state index in [4.69, 9.17) is 40.9 Å². The van der Waals surface area contributed by atoms with Crippen LogP contribution in [0.1, 0.15) is 6.92 Å². The van der Waals surface area contributed by atoms with Crippen LogP contribution in [0.3, 0.4) is 0 Å². The molecule has 0 saturated carbocycles. The summed E-state index contributed by atoms with van der Waals surface area (Å²) < 4.78 is 0. The van der Waals surface area contributed by atoms with Gasteiger partial charge >= 0.3 is 0 Å². The summed E-state index contributed by atoms with van der Waals surface area (Å²) in [5, 5.41) is 69.5. The van der Waals surface area contributed by atoms with Crippen LogP contribution >= 0.6 is 0 Å². The van der Waals surface area contributed by atoms with E-state index in [9.17, 15) is 0 Å². The van der Waals surface area contributed by atoms with Crippen LogP contribution in [0.4, 0.5) is 0 Å². The van der Waals surface area contributed by atoms with Crippen LogP contribution in [0.25, 0.3) is 0 Å². The van der Waals surface area contributed by atoms with Gasteiger partial charge in [0, 0.05) is 6.61 Å². The number of aliphatic hydroxyl groups is 8. The molecule has 8 nitrogen and oxygen atoms in total. The van der Waals surface area contributed by atoms with Crippen molar-refractivity contribution in [2.24, 2.45) is 0 Å². The first-order chi connectivity index (χ1) is 7.87. The Morgan fingerprint density at radius 1 is 0.647 bits per heavy atom. The van der Waals surface area contributed by atoms with Crippen molar-refractivity contribution in [3.8, 4) is 0 Å². The first kappa shape index (κ1) is 19.0. The minimum absolute atomic E-state index is 0.250. The summed E-state index contributed by atoms with van der Waals surface area (Å²) in [6.07, 6.45) is -8.68. The lowest BCUT2D eigenvalue weighted by Crippen LogP contribution is -2.50. The van der Waals surface area contributed by atoms with E-state index >= 15 is 0 Å². The molecule has 106 valence electrons. The smallest absolute Gasteiger partial charge is 0.111 e. The molecule has 0 bridgehead atoms. The zero-order chi connectivity index (χ0) is 14.0. The monoisotopic (exact) mass is 258 g/mol. The third-order valence-corrected chi connectivity index (χ3v) is 1.86. The lowest BCUT2D eigenvalue weighted by atomic mass is 10.00. The largest absolute Gasteiger partial charge is 0.397 e. The molecule has 1 unspecified atom stereocenters. The Bertz CT molecular complexity index is 151. The fourth-order valence-corrected chi connectivity index (χ4v) is 0.873. The zero-order valence-corrected chi connectivity index (χ0v) is 9.59. The summed E-state index contributed by atoms with van der Waals surface area (Å²) in [5.41, 5.74) is 0. The average Bonchev–Trinajstić information content (AvgIpc) is 2.34. The summed E-state index contributed by atoms with van der Waals surface area (Å²) in [6.45, 7) is 0.348. The lowest BCUT2D eigenvalue weighted by molar-refractivity contribution is -0.145. The predicted molar refractivity (Wildman–Crippen MR) is 57.0 cm³/mol. The summed E-state index contributed by atoms with van der Waals surface area (Å²) in [7, 11) is 0. The number of rotatable bonds is 6. The van der Waals surface area contributed by atoms with Crippen molar-refractivity contribution in [2.75, 3.05) is 19.8 Å². The lowest BCUT2D eigenvalue weighted by Gasteiger charge is -2.27. The van der Waals surface area contributed by atoms with Crippen molar-refractivity contribution < 1.29 is 40.9 Å². The summed E-state index contributed by atoms with van der Waals surface area (Å²) in [6, 6.07) is 0. The summed E-state index contributed by atoms with van der Waals surface area (Å²) in [5.74, 6) is 0. The molecule has 0 saturated heterocycles. The molecule has 17 heavy (non-hydrogen) atoms. The maximum Gasteiger partial charge on any atom is 0.111 e. The van der Waals surface area contributed by atoms with Crippen LogP contribution in [-0.4, -0.2) is 91.2 Å². The molecule has 0 spiro atoms. The van der Waals surface area contributed by atoms with Crippen LogP contribution in [0.5, 0.6) is 0 Å². The van der Waals surface area contributed by atoms with Gasteiger partial charge in [0.05, 0.1) is 13.2 Å². The Balaban J connectivity index is 0. The van der Waals surface area contributed by atoms with Gasteiger partial charge in [-0.25, -0.2) is 0 Å². The highest BCUT2D eigenvalue weighted by Gasteiger charge is 2.33. The summed E-state index contributed by atoms with van der Waals surface area (Å²) in [4.78, 5) is 0. The maximum absolute atomic E-state index is 9.15. The zero-order valence-electron chi connectivity index (χ0n) is 9.59. The average molecular weight is 258 g/mol. The highest BCUT2D eigenvalue weighted by atomic mass is 16.4. The van der Waals surface area contributed by atoms with Crippen LogP contribution in [-0.2, 0) is 0 Å². The van der Waals surface area contributed by atoms with E-state index in [-0.39, 0.29) is 6.61 Å². The van der Waals surface area contributed by atoms with E-state index in [0.29, 0.717) is 0 Å². The standard InChI is InChI=1S/C7H16O7.C2H6O/c8-1-3(10)5(12)7(14)6(13)4(11)2-9;1-2-3/h3-14H,1-2H2;3H,2H2,1H3/t3-,4+,5-,6-,7?;/m1./s1. The normalized spacial score (nSPS) is 19.6. The quantitative estimate of drug-likeness (QED) is 0.238. The first-order valence-electron chi connectivity index (χ1n) is 5.10. The van der Waals surface area contributed by atoms with Gasteiger partial charge in [-0.2, -0.15) is 0 Å². The van der Waals surface area contributed by atoms with Crippen LogP contribution < -0.4 is 0 Å². The molecular formula is C9H22O8. The van der Waals surface area contributed by atoms with E-state index in [0.717, 1.165) is 0 Å². The van der Waals surface area contributed by atoms with Crippen LogP contribution in [0.2, 0.25) is 0 Å². The second kappa shape index (κ2) is 10.8. The highest BCUT2D eigenvalue weighted by Crippen LogP contribution is 2.07. The molecule has 5 atom stereocenters. The summed E-state index contributed by atoms with van der Waals surface area (Å²) >= 11 is 0. The molecule has 0 aliphatic rings. The molecule has 0 aliphatic carbocycles. The van der Waals surface area contributed by atoms with Gasteiger partial charge < -0.3 is 40.9 Å². The third-order valence-electron chi connectivity index (χ3n) is 1.86. The van der Waals surface area contributed by atoms with E-state index in [1.807, 2.05) is 0 Å². The molecule has 0 aromatic carbocycles. The Kier molecular flexibility index (Phi) is 12.1. The number of hydrogen-bond acceptors (Lipinski definition) is 8. The number of aliphatic hydroxyl groups excluding tert-OH is 8. The van der Waals surface area contributed by atoms with Crippen molar-refractivity contribution in [1.29, 1.82) is 0 Å². The molecule has 8 N–H and O–H groups in total. The SMILES string of the molecule is CCO.OC[C@@H](O)[C@@H](O)C(O)[C@H](O)[C@@H](O)CO. The van der Waals surface area contributed by atoms with Crippen molar-refractivity contribution in [3.63, 3.8) is 0 Å². The van der Waals surface area contributed by atoms with Crippen LogP contribution in [0.15, 0.2) is 0 Å². The maximum atomic E-state index is 9.15. The van der Waals surface area contributed by atoms with E-state index in [1.54, 1.807) is 6.92 Å². The van der Waals surface area contributed by atoms with Crippen molar-refractivity contribution in [3.05, 3.63) is 0 Å². The Labute approximate surface area is 99.0 Å². The molecule has 0 fully saturated rings. The highest BCUT2D eigenvalue weighted by molar-refractivity contribution is 4.84. The van der Waals surface area contributed by atoms with Crippen LogP contribution in [0, 0.1) is 0 Å². The first-order valence-corrected chi connectivity index (χ1v) is 5.10. The fourth-order valence-electron chi connectivity index (χ4n) is 0.873. The van der Waals surface area contributed by atoms with Crippen molar-refractivity contribution in [2.45, 2.75) is 37.4 Å². The van der Waals surface area contributed by atoms with Gasteiger partial charge in [0.25, 0.3) is 0 Å².